The van der Waals surface area contributed by atoms with E-state index in [-0.39, 0.29) is 0 Å². The number of carbonyl (C=O) groups excluding carboxylic acids is 1. The Labute approximate surface area is 67.5 Å². The van der Waals surface area contributed by atoms with Crippen molar-refractivity contribution in [2.75, 3.05) is 0 Å². The fourth-order valence-electron chi connectivity index (χ4n) is 1.52. The highest BCUT2D eigenvalue weighted by Gasteiger charge is 2.20. The highest BCUT2D eigenvalue weighted by atomic mass is 16.1. The van der Waals surface area contributed by atoms with Crippen LogP contribution in [0.3, 0.4) is 0 Å². The third-order valence-corrected chi connectivity index (χ3v) is 2.35. The number of nitrogens with two attached hydrogens (primary N) is 1. The van der Waals surface area contributed by atoms with Crippen molar-refractivity contribution in [1.82, 2.24) is 4.90 Å². The molecule has 1 aliphatic rings. The van der Waals surface area contributed by atoms with Gasteiger partial charge in [-0.25, -0.2) is 0 Å². The summed E-state index contributed by atoms with van der Waals surface area (Å²) in [6, 6.07) is 0.665. The molecule has 0 saturated heterocycles. The topological polar surface area (TPSA) is 46.3 Å². The monoisotopic (exact) mass is 155 g/mol. The number of carbonyl (C=O) groups is 1. The Balaban J connectivity index is 2.32. The zero-order valence-electron chi connectivity index (χ0n) is 6.70. The Hall–Kier alpha value is -0.570. The molecule has 0 aromatic heterocycles. The van der Waals surface area contributed by atoms with Crippen LogP contribution in [-0.2, 0) is 4.79 Å². The van der Waals surface area contributed by atoms with Gasteiger partial charge in [-0.05, 0) is 25.7 Å². The minimum atomic E-state index is 0.326. The molecule has 1 rings (SSSR count). The molecule has 1 fully saturated rings. The molecule has 0 bridgehead atoms. The van der Waals surface area contributed by atoms with Gasteiger partial charge in [0.2, 0.25) is 6.41 Å². The van der Waals surface area contributed by atoms with Crippen LogP contribution in [0.1, 0.15) is 25.7 Å². The Bertz CT molecular complexity index is 130. The molecule has 3 heteroatoms. The fraction of sp³-hybridized carbons (Fsp3) is 0.750. The lowest BCUT2D eigenvalue weighted by atomic mass is 9.91. The summed E-state index contributed by atoms with van der Waals surface area (Å²) in [5, 5.41) is 0. The minimum Gasteiger partial charge on any atom is -0.341 e. The van der Waals surface area contributed by atoms with E-state index in [0.717, 1.165) is 32.1 Å². The third-order valence-electron chi connectivity index (χ3n) is 2.35. The van der Waals surface area contributed by atoms with Gasteiger partial charge in [-0.2, -0.15) is 0 Å². The molecule has 0 spiro atoms. The first-order valence-corrected chi connectivity index (χ1v) is 4.03. The highest BCUT2D eigenvalue weighted by Crippen LogP contribution is 2.20. The molecule has 63 valence electrons. The van der Waals surface area contributed by atoms with Crippen LogP contribution in [0.4, 0.5) is 0 Å². The molecule has 2 N–H and O–H groups in total. The molecule has 0 aromatic rings. The van der Waals surface area contributed by atoms with E-state index >= 15 is 0 Å². The first-order chi connectivity index (χ1) is 5.24. The van der Waals surface area contributed by atoms with Crippen molar-refractivity contribution in [3.63, 3.8) is 0 Å². The SMILES string of the molecule is [CH2]N(C=O)C1CCC(N)CC1. The molecule has 0 atom stereocenters. The first-order valence-electron chi connectivity index (χ1n) is 4.03. The van der Waals surface area contributed by atoms with Crippen molar-refractivity contribution in [3.05, 3.63) is 7.05 Å². The second-order valence-corrected chi connectivity index (χ2v) is 3.19. The van der Waals surface area contributed by atoms with Crippen LogP contribution >= 0.6 is 0 Å². The van der Waals surface area contributed by atoms with Gasteiger partial charge in [0.05, 0.1) is 0 Å². The van der Waals surface area contributed by atoms with E-state index in [1.165, 1.54) is 4.90 Å². The molecule has 1 radical (unpaired) electrons. The first kappa shape index (κ1) is 8.53. The molecule has 1 aliphatic carbocycles. The van der Waals surface area contributed by atoms with Gasteiger partial charge in [0.15, 0.2) is 0 Å². The number of hydrogen-bond acceptors (Lipinski definition) is 2. The predicted octanol–water partition coefficient (Wildman–Crippen LogP) is 0.506. The van der Waals surface area contributed by atoms with Gasteiger partial charge in [0, 0.05) is 19.1 Å². The van der Waals surface area contributed by atoms with Gasteiger partial charge in [0.1, 0.15) is 0 Å². The Morgan fingerprint density at radius 3 is 2.36 bits per heavy atom. The lowest BCUT2D eigenvalue weighted by Crippen LogP contribution is -2.36. The minimum absolute atomic E-state index is 0.326. The molecule has 0 aromatic carbocycles. The van der Waals surface area contributed by atoms with E-state index in [1.54, 1.807) is 0 Å². The predicted molar refractivity (Wildman–Crippen MR) is 43.5 cm³/mol. The molecular weight excluding hydrogens is 140 g/mol. The Morgan fingerprint density at radius 1 is 1.36 bits per heavy atom. The zero-order valence-corrected chi connectivity index (χ0v) is 6.70. The number of rotatable bonds is 2. The Kier molecular flexibility index (Phi) is 2.88. The maximum atomic E-state index is 10.3. The van der Waals surface area contributed by atoms with Crippen LogP contribution < -0.4 is 5.73 Å². The average Bonchev–Trinajstić information content (AvgIpc) is 2.05. The van der Waals surface area contributed by atoms with E-state index in [4.69, 9.17) is 5.73 Å². The summed E-state index contributed by atoms with van der Waals surface area (Å²) in [6.07, 6.45) is 4.84. The quantitative estimate of drug-likeness (QED) is 0.590. The summed E-state index contributed by atoms with van der Waals surface area (Å²) in [5.41, 5.74) is 5.71. The van der Waals surface area contributed by atoms with E-state index in [1.807, 2.05) is 0 Å². The van der Waals surface area contributed by atoms with Gasteiger partial charge in [-0.3, -0.25) is 4.79 Å². The van der Waals surface area contributed by atoms with Crippen molar-refractivity contribution < 1.29 is 4.79 Å². The summed E-state index contributed by atoms with van der Waals surface area (Å²) in [6.45, 7) is 0. The standard InChI is InChI=1S/C8H15N2O/c1-10(6-11)8-4-2-7(9)3-5-8/h6-8H,1-5,9H2. The summed E-state index contributed by atoms with van der Waals surface area (Å²) >= 11 is 0. The molecule has 1 saturated carbocycles. The third kappa shape index (κ3) is 2.19. The van der Waals surface area contributed by atoms with Crippen LogP contribution in [0.15, 0.2) is 0 Å². The molecule has 1 amide bonds. The normalized spacial score (nSPS) is 31.5. The second-order valence-electron chi connectivity index (χ2n) is 3.19. The van der Waals surface area contributed by atoms with Crippen LogP contribution in [0.2, 0.25) is 0 Å². The number of hydrogen-bond donors (Lipinski definition) is 1. The molecule has 0 aliphatic heterocycles. The van der Waals surface area contributed by atoms with Crippen molar-refractivity contribution in [2.24, 2.45) is 5.73 Å². The number of amides is 1. The maximum absolute atomic E-state index is 10.3. The molecular formula is C8H15N2O. The smallest absolute Gasteiger partial charge is 0.210 e. The largest absolute Gasteiger partial charge is 0.341 e. The van der Waals surface area contributed by atoms with Gasteiger partial charge in [-0.15, -0.1) is 0 Å². The van der Waals surface area contributed by atoms with Gasteiger partial charge in [0.25, 0.3) is 0 Å². The van der Waals surface area contributed by atoms with Crippen LogP contribution in [0.25, 0.3) is 0 Å². The van der Waals surface area contributed by atoms with Crippen molar-refractivity contribution in [3.8, 4) is 0 Å². The van der Waals surface area contributed by atoms with Crippen LogP contribution in [0.5, 0.6) is 0 Å². The van der Waals surface area contributed by atoms with Crippen LogP contribution in [0, 0.1) is 7.05 Å². The summed E-state index contributed by atoms with van der Waals surface area (Å²) in [5.74, 6) is 0. The average molecular weight is 155 g/mol. The van der Waals surface area contributed by atoms with Gasteiger partial charge in [-0.1, -0.05) is 0 Å². The van der Waals surface area contributed by atoms with E-state index in [0.29, 0.717) is 12.1 Å². The highest BCUT2D eigenvalue weighted by molar-refractivity contribution is 5.47. The lowest BCUT2D eigenvalue weighted by Gasteiger charge is -2.30. The van der Waals surface area contributed by atoms with Crippen LogP contribution in [-0.4, -0.2) is 23.4 Å². The molecule has 11 heavy (non-hydrogen) atoms. The Morgan fingerprint density at radius 2 is 1.91 bits per heavy atom. The van der Waals surface area contributed by atoms with Crippen molar-refractivity contribution in [2.45, 2.75) is 37.8 Å². The summed E-state index contributed by atoms with van der Waals surface area (Å²) < 4.78 is 0. The van der Waals surface area contributed by atoms with E-state index < -0.39 is 0 Å². The maximum Gasteiger partial charge on any atom is 0.210 e. The van der Waals surface area contributed by atoms with Crippen molar-refractivity contribution >= 4 is 6.41 Å². The lowest BCUT2D eigenvalue weighted by molar-refractivity contribution is -0.118. The number of nitrogens with zero attached hydrogens (tertiary/aromatic N) is 1. The molecule has 3 nitrogen and oxygen atoms in total. The zero-order chi connectivity index (χ0) is 8.27. The van der Waals surface area contributed by atoms with Gasteiger partial charge >= 0.3 is 0 Å². The molecule has 0 heterocycles. The molecule has 0 unspecified atom stereocenters. The summed E-state index contributed by atoms with van der Waals surface area (Å²) in [7, 11) is 3.63. The van der Waals surface area contributed by atoms with E-state index in [2.05, 4.69) is 7.05 Å². The van der Waals surface area contributed by atoms with E-state index in [9.17, 15) is 4.79 Å². The fourth-order valence-corrected chi connectivity index (χ4v) is 1.52. The summed E-state index contributed by atoms with van der Waals surface area (Å²) in [4.78, 5) is 11.8. The second kappa shape index (κ2) is 3.72. The van der Waals surface area contributed by atoms with Crippen molar-refractivity contribution in [1.29, 1.82) is 0 Å². The van der Waals surface area contributed by atoms with Gasteiger partial charge < -0.3 is 10.6 Å².